The highest BCUT2D eigenvalue weighted by Gasteiger charge is 2.59. The van der Waals surface area contributed by atoms with E-state index < -0.39 is 0 Å². The first-order valence-electron chi connectivity index (χ1n) is 11.5. The van der Waals surface area contributed by atoms with Crippen LogP contribution in [0.2, 0.25) is 0 Å². The lowest BCUT2D eigenvalue weighted by Crippen LogP contribution is -2.50. The van der Waals surface area contributed by atoms with E-state index in [1.165, 1.54) is 5.57 Å². The molecule has 0 amide bonds. The van der Waals surface area contributed by atoms with E-state index in [-0.39, 0.29) is 16.9 Å². The summed E-state index contributed by atoms with van der Waals surface area (Å²) in [5.41, 5.74) is 3.57. The summed E-state index contributed by atoms with van der Waals surface area (Å²) >= 11 is 0. The number of allylic oxidation sites excluding steroid dienone is 2. The molecule has 1 aromatic rings. The van der Waals surface area contributed by atoms with E-state index in [1.54, 1.807) is 0 Å². The summed E-state index contributed by atoms with van der Waals surface area (Å²) < 4.78 is 1.92. The number of aliphatic hydroxyl groups is 1. The van der Waals surface area contributed by atoms with Crippen LogP contribution in [-0.4, -0.2) is 26.8 Å². The van der Waals surface area contributed by atoms with E-state index in [2.05, 4.69) is 38.0 Å². The van der Waals surface area contributed by atoms with Crippen LogP contribution in [0.4, 0.5) is 0 Å². The smallest absolute Gasteiger partial charge is 0.165 e. The number of carbonyl (C=O) groups excluding carboxylic acids is 1. The number of fused-ring (bicyclic) bond motifs is 5. The normalized spacial score (nSPS) is 43.0. The molecular weight excluding hydrogens is 360 g/mol. The van der Waals surface area contributed by atoms with Gasteiger partial charge >= 0.3 is 0 Å². The Labute approximate surface area is 174 Å². The highest BCUT2D eigenvalue weighted by Crippen LogP contribution is 2.64. The SMILES string of the molecule is CCn1cc(/C=C2\C[C@@H]3[C@H]4CC=C5C[C@H](O)CC[C@]5(C)[C@@H]4CC[C@]3(C)C2=O)cn1. The van der Waals surface area contributed by atoms with E-state index in [1.807, 2.05) is 17.1 Å². The van der Waals surface area contributed by atoms with Crippen molar-refractivity contribution in [2.75, 3.05) is 0 Å². The molecule has 29 heavy (non-hydrogen) atoms. The third-order valence-electron chi connectivity index (χ3n) is 9.04. The van der Waals surface area contributed by atoms with Gasteiger partial charge in [0.1, 0.15) is 0 Å². The van der Waals surface area contributed by atoms with Crippen molar-refractivity contribution in [2.24, 2.45) is 28.6 Å². The van der Waals surface area contributed by atoms with Gasteiger partial charge in [-0.15, -0.1) is 0 Å². The summed E-state index contributed by atoms with van der Waals surface area (Å²) in [6.07, 6.45) is 15.3. The molecule has 0 spiro atoms. The molecule has 0 unspecified atom stereocenters. The maximum absolute atomic E-state index is 13.5. The molecule has 1 aromatic heterocycles. The van der Waals surface area contributed by atoms with Crippen LogP contribution in [-0.2, 0) is 11.3 Å². The van der Waals surface area contributed by atoms with Gasteiger partial charge < -0.3 is 5.11 Å². The number of hydrogen-bond acceptors (Lipinski definition) is 3. The highest BCUT2D eigenvalue weighted by atomic mass is 16.3. The van der Waals surface area contributed by atoms with E-state index in [0.29, 0.717) is 23.5 Å². The molecule has 0 saturated heterocycles. The monoisotopic (exact) mass is 394 g/mol. The van der Waals surface area contributed by atoms with Crippen LogP contribution in [0.3, 0.4) is 0 Å². The van der Waals surface area contributed by atoms with E-state index in [9.17, 15) is 9.90 Å². The number of carbonyl (C=O) groups is 1. The lowest BCUT2D eigenvalue weighted by molar-refractivity contribution is -0.130. The van der Waals surface area contributed by atoms with Crippen LogP contribution in [0.1, 0.15) is 71.3 Å². The summed E-state index contributed by atoms with van der Waals surface area (Å²) in [6, 6.07) is 0. The second-order valence-corrected chi connectivity index (χ2v) is 10.4. The zero-order chi connectivity index (χ0) is 20.4. The van der Waals surface area contributed by atoms with Crippen molar-refractivity contribution in [3.63, 3.8) is 0 Å². The molecule has 0 aromatic carbocycles. The molecule has 3 saturated carbocycles. The Hall–Kier alpha value is -1.68. The molecule has 156 valence electrons. The van der Waals surface area contributed by atoms with Crippen molar-refractivity contribution in [2.45, 2.75) is 78.4 Å². The van der Waals surface area contributed by atoms with Crippen LogP contribution in [0.5, 0.6) is 0 Å². The lowest BCUT2D eigenvalue weighted by Gasteiger charge is -2.56. The van der Waals surface area contributed by atoms with Crippen molar-refractivity contribution in [3.8, 4) is 0 Å². The van der Waals surface area contributed by atoms with Crippen molar-refractivity contribution < 1.29 is 9.90 Å². The molecule has 1 heterocycles. The van der Waals surface area contributed by atoms with Gasteiger partial charge in [-0.05, 0) is 86.7 Å². The minimum absolute atomic E-state index is 0.161. The summed E-state index contributed by atoms with van der Waals surface area (Å²) in [5.74, 6) is 2.07. The maximum atomic E-state index is 13.5. The Bertz CT molecular complexity index is 896. The van der Waals surface area contributed by atoms with Gasteiger partial charge in [0.25, 0.3) is 0 Å². The quantitative estimate of drug-likeness (QED) is 0.580. The fourth-order valence-electron chi connectivity index (χ4n) is 7.27. The Morgan fingerprint density at radius 2 is 2.00 bits per heavy atom. The van der Waals surface area contributed by atoms with Gasteiger partial charge in [-0.1, -0.05) is 25.5 Å². The van der Waals surface area contributed by atoms with Crippen LogP contribution >= 0.6 is 0 Å². The number of aryl methyl sites for hydroxylation is 1. The zero-order valence-corrected chi connectivity index (χ0v) is 18.0. The minimum atomic E-state index is -0.205. The summed E-state index contributed by atoms with van der Waals surface area (Å²) in [5, 5.41) is 14.5. The third kappa shape index (κ3) is 2.82. The van der Waals surface area contributed by atoms with Gasteiger partial charge in [-0.3, -0.25) is 9.48 Å². The summed E-state index contributed by atoms with van der Waals surface area (Å²) in [4.78, 5) is 13.5. The molecule has 4 nitrogen and oxygen atoms in total. The van der Waals surface area contributed by atoms with Crippen LogP contribution in [0.15, 0.2) is 29.6 Å². The van der Waals surface area contributed by atoms with Gasteiger partial charge in [-0.25, -0.2) is 0 Å². The predicted octanol–water partition coefficient (Wildman–Crippen LogP) is 4.79. The summed E-state index contributed by atoms with van der Waals surface area (Å²) in [7, 11) is 0. The fourth-order valence-corrected chi connectivity index (χ4v) is 7.27. The van der Waals surface area contributed by atoms with Crippen LogP contribution in [0, 0.1) is 28.6 Å². The molecule has 5 rings (SSSR count). The van der Waals surface area contributed by atoms with E-state index >= 15 is 0 Å². The number of aliphatic hydroxyl groups excluding tert-OH is 1. The molecule has 3 fully saturated rings. The average Bonchev–Trinajstić information content (AvgIpc) is 3.26. The van der Waals surface area contributed by atoms with Gasteiger partial charge in [0.2, 0.25) is 0 Å². The molecule has 1 N–H and O–H groups in total. The number of ketones is 1. The standard InChI is InChI=1S/C25H34N2O2/c1-4-27-15-16(14-26-27)11-17-12-22-20-6-5-18-13-19(28)7-9-24(18,2)21(20)8-10-25(22,3)23(17)29/h5,11,14-15,19-22,28H,4,6-10,12-13H2,1-3H3/b17-11+/t19-,20+,21-,22-,24+,25+/m1/s1. The van der Waals surface area contributed by atoms with E-state index in [4.69, 9.17) is 0 Å². The highest BCUT2D eigenvalue weighted by molar-refractivity contribution is 6.05. The fraction of sp³-hybridized carbons (Fsp3) is 0.680. The molecule has 0 bridgehead atoms. The third-order valence-corrected chi connectivity index (χ3v) is 9.04. The maximum Gasteiger partial charge on any atom is 0.165 e. The predicted molar refractivity (Wildman–Crippen MR) is 114 cm³/mol. The molecule has 0 aliphatic heterocycles. The number of nitrogens with zero attached hydrogens (tertiary/aromatic N) is 2. The average molecular weight is 395 g/mol. The zero-order valence-electron chi connectivity index (χ0n) is 18.0. The first-order chi connectivity index (χ1) is 13.8. The second kappa shape index (κ2) is 6.66. The number of hydrogen-bond donors (Lipinski definition) is 1. The molecular formula is C25H34N2O2. The van der Waals surface area contributed by atoms with Gasteiger partial charge in [0, 0.05) is 23.7 Å². The largest absolute Gasteiger partial charge is 0.393 e. The van der Waals surface area contributed by atoms with Crippen molar-refractivity contribution in [3.05, 3.63) is 35.2 Å². The molecule has 4 aliphatic rings. The number of rotatable bonds is 2. The number of Topliss-reactive ketones (excluding diaryl/α,β-unsaturated/α-hetero) is 1. The van der Waals surface area contributed by atoms with Crippen molar-refractivity contribution in [1.29, 1.82) is 0 Å². The molecule has 0 radical (unpaired) electrons. The Balaban J connectivity index is 1.46. The van der Waals surface area contributed by atoms with E-state index in [0.717, 1.165) is 62.6 Å². The van der Waals surface area contributed by atoms with Crippen LogP contribution in [0.25, 0.3) is 6.08 Å². The van der Waals surface area contributed by atoms with Gasteiger partial charge in [-0.2, -0.15) is 5.10 Å². The second-order valence-electron chi connectivity index (χ2n) is 10.4. The minimum Gasteiger partial charge on any atom is -0.393 e. The Morgan fingerprint density at radius 3 is 2.76 bits per heavy atom. The molecule has 6 atom stereocenters. The summed E-state index contributed by atoms with van der Waals surface area (Å²) in [6.45, 7) is 7.61. The van der Waals surface area contributed by atoms with Gasteiger partial charge in [0.05, 0.1) is 12.3 Å². The first kappa shape index (κ1) is 19.3. The van der Waals surface area contributed by atoms with Crippen LogP contribution < -0.4 is 0 Å². The Morgan fingerprint density at radius 1 is 1.21 bits per heavy atom. The van der Waals surface area contributed by atoms with Crippen molar-refractivity contribution in [1.82, 2.24) is 9.78 Å². The molecule has 4 aliphatic carbocycles. The topological polar surface area (TPSA) is 55.1 Å². The lowest BCUT2D eigenvalue weighted by atomic mass is 9.48. The van der Waals surface area contributed by atoms with Crippen molar-refractivity contribution >= 4 is 11.9 Å². The van der Waals surface area contributed by atoms with Gasteiger partial charge in [0.15, 0.2) is 5.78 Å². The number of aromatic nitrogens is 2. The molecule has 4 heteroatoms. The Kier molecular flexibility index (Phi) is 4.43. The first-order valence-corrected chi connectivity index (χ1v) is 11.5.